The van der Waals surface area contributed by atoms with Crippen molar-refractivity contribution in [3.63, 3.8) is 0 Å². The normalized spacial score (nSPS) is 19.9. The number of hydrogen-bond donors (Lipinski definition) is 1. The largest absolute Gasteiger partial charge is 0.368 e. The molecule has 94 valence electrons. The van der Waals surface area contributed by atoms with E-state index in [-0.39, 0.29) is 6.10 Å². The maximum atomic E-state index is 5.72. The van der Waals surface area contributed by atoms with E-state index in [2.05, 4.69) is 62.5 Å². The van der Waals surface area contributed by atoms with E-state index in [0.717, 1.165) is 30.4 Å². The lowest BCUT2D eigenvalue weighted by Gasteiger charge is -2.21. The summed E-state index contributed by atoms with van der Waals surface area (Å²) in [4.78, 5) is 4.68. The molecule has 1 N–H and O–H groups in total. The maximum Gasteiger partial charge on any atom is 0.124 e. The minimum absolute atomic E-state index is 0.112. The van der Waals surface area contributed by atoms with Crippen LogP contribution in [0.3, 0.4) is 0 Å². The number of nitrogens with zero attached hydrogens (tertiary/aromatic N) is 1. The van der Waals surface area contributed by atoms with Crippen molar-refractivity contribution in [1.82, 2.24) is 10.3 Å². The van der Waals surface area contributed by atoms with Gasteiger partial charge >= 0.3 is 0 Å². The minimum atomic E-state index is 0.112. The van der Waals surface area contributed by atoms with Gasteiger partial charge in [0.25, 0.3) is 0 Å². The van der Waals surface area contributed by atoms with Crippen LogP contribution in [0.1, 0.15) is 11.1 Å². The van der Waals surface area contributed by atoms with Crippen molar-refractivity contribution in [2.75, 3.05) is 19.7 Å². The molecular formula is C13H13IN2OS. The fourth-order valence-corrected chi connectivity index (χ4v) is 3.15. The highest BCUT2D eigenvalue weighted by atomic mass is 127. The number of benzene rings is 1. The van der Waals surface area contributed by atoms with Gasteiger partial charge in [0.05, 0.1) is 12.3 Å². The smallest absolute Gasteiger partial charge is 0.124 e. The molecule has 1 fully saturated rings. The van der Waals surface area contributed by atoms with E-state index in [4.69, 9.17) is 4.74 Å². The zero-order valence-electron chi connectivity index (χ0n) is 9.73. The average molecular weight is 372 g/mol. The molecule has 0 aliphatic carbocycles. The van der Waals surface area contributed by atoms with Gasteiger partial charge in [0.1, 0.15) is 11.1 Å². The highest BCUT2D eigenvalue weighted by molar-refractivity contribution is 14.1. The van der Waals surface area contributed by atoms with Crippen molar-refractivity contribution in [3.8, 4) is 11.3 Å². The molecule has 18 heavy (non-hydrogen) atoms. The fourth-order valence-electron chi connectivity index (χ4n) is 1.91. The van der Waals surface area contributed by atoms with Crippen LogP contribution >= 0.6 is 33.9 Å². The summed E-state index contributed by atoms with van der Waals surface area (Å²) in [6, 6.07) is 8.43. The highest BCUT2D eigenvalue weighted by Gasteiger charge is 2.19. The van der Waals surface area contributed by atoms with Crippen LogP contribution in [0.15, 0.2) is 29.6 Å². The Morgan fingerprint density at radius 3 is 2.89 bits per heavy atom. The Kier molecular flexibility index (Phi) is 3.93. The summed E-state index contributed by atoms with van der Waals surface area (Å²) in [5, 5.41) is 6.50. The molecule has 2 aromatic rings. The van der Waals surface area contributed by atoms with Crippen LogP contribution in [0.2, 0.25) is 0 Å². The second-order valence-electron chi connectivity index (χ2n) is 4.14. The van der Waals surface area contributed by atoms with Crippen molar-refractivity contribution >= 4 is 33.9 Å². The molecule has 0 radical (unpaired) electrons. The number of aromatic nitrogens is 1. The van der Waals surface area contributed by atoms with Crippen LogP contribution in [0.5, 0.6) is 0 Å². The maximum absolute atomic E-state index is 5.72. The second kappa shape index (κ2) is 5.64. The van der Waals surface area contributed by atoms with Gasteiger partial charge in [0, 0.05) is 27.6 Å². The van der Waals surface area contributed by atoms with Crippen LogP contribution in [-0.2, 0) is 4.74 Å². The van der Waals surface area contributed by atoms with E-state index in [9.17, 15) is 0 Å². The number of nitrogens with one attached hydrogen (secondary N) is 1. The van der Waals surface area contributed by atoms with Crippen LogP contribution in [-0.4, -0.2) is 24.7 Å². The number of halogens is 1. The Morgan fingerprint density at radius 1 is 1.33 bits per heavy atom. The van der Waals surface area contributed by atoms with Gasteiger partial charge in [-0.05, 0) is 34.7 Å². The molecule has 1 atom stereocenters. The van der Waals surface area contributed by atoms with Crippen molar-refractivity contribution in [1.29, 1.82) is 0 Å². The van der Waals surface area contributed by atoms with E-state index in [0.29, 0.717) is 0 Å². The van der Waals surface area contributed by atoms with Crippen LogP contribution in [0.25, 0.3) is 11.3 Å². The molecular weight excluding hydrogens is 359 g/mol. The van der Waals surface area contributed by atoms with Crippen LogP contribution in [0.4, 0.5) is 0 Å². The molecule has 1 saturated heterocycles. The lowest BCUT2D eigenvalue weighted by Crippen LogP contribution is -2.33. The molecule has 0 bridgehead atoms. The van der Waals surface area contributed by atoms with Gasteiger partial charge < -0.3 is 10.1 Å². The standard InChI is InChI=1S/C13H13IN2OS/c14-10-3-1-9(2-4-10)11-8-18-13(16-11)12-7-15-5-6-17-12/h1-4,8,12,15H,5-7H2. The van der Waals surface area contributed by atoms with Gasteiger partial charge in [-0.25, -0.2) is 4.98 Å². The first-order valence-electron chi connectivity index (χ1n) is 5.86. The van der Waals surface area contributed by atoms with Gasteiger partial charge in [-0.3, -0.25) is 0 Å². The van der Waals surface area contributed by atoms with Crippen LogP contribution < -0.4 is 5.32 Å². The second-order valence-corrected chi connectivity index (χ2v) is 6.28. The molecule has 3 rings (SSSR count). The first-order valence-corrected chi connectivity index (χ1v) is 7.82. The summed E-state index contributed by atoms with van der Waals surface area (Å²) in [6.07, 6.45) is 0.112. The lowest BCUT2D eigenvalue weighted by atomic mass is 10.2. The summed E-state index contributed by atoms with van der Waals surface area (Å²) in [5.41, 5.74) is 2.21. The molecule has 1 aromatic heterocycles. The quantitative estimate of drug-likeness (QED) is 0.823. The number of morpholine rings is 1. The number of thiazole rings is 1. The average Bonchev–Trinajstić information content (AvgIpc) is 2.90. The number of hydrogen-bond acceptors (Lipinski definition) is 4. The third kappa shape index (κ3) is 2.74. The number of rotatable bonds is 2. The van der Waals surface area contributed by atoms with Gasteiger partial charge in [-0.1, -0.05) is 12.1 Å². The van der Waals surface area contributed by atoms with Crippen molar-refractivity contribution in [2.45, 2.75) is 6.10 Å². The van der Waals surface area contributed by atoms with Gasteiger partial charge in [0.2, 0.25) is 0 Å². The summed E-state index contributed by atoms with van der Waals surface area (Å²) in [6.45, 7) is 2.56. The molecule has 1 aromatic carbocycles. The van der Waals surface area contributed by atoms with Crippen molar-refractivity contribution in [3.05, 3.63) is 38.2 Å². The van der Waals surface area contributed by atoms with E-state index in [1.807, 2.05) is 0 Å². The van der Waals surface area contributed by atoms with Gasteiger partial charge in [-0.2, -0.15) is 0 Å². The first-order chi connectivity index (χ1) is 8.83. The van der Waals surface area contributed by atoms with Gasteiger partial charge in [-0.15, -0.1) is 11.3 Å². The molecule has 3 nitrogen and oxygen atoms in total. The highest BCUT2D eigenvalue weighted by Crippen LogP contribution is 2.28. The molecule has 1 aliphatic heterocycles. The van der Waals surface area contributed by atoms with E-state index < -0.39 is 0 Å². The van der Waals surface area contributed by atoms with E-state index in [1.165, 1.54) is 9.13 Å². The summed E-state index contributed by atoms with van der Waals surface area (Å²) < 4.78 is 6.96. The van der Waals surface area contributed by atoms with E-state index in [1.54, 1.807) is 11.3 Å². The summed E-state index contributed by atoms with van der Waals surface area (Å²) in [7, 11) is 0. The van der Waals surface area contributed by atoms with Crippen molar-refractivity contribution in [2.24, 2.45) is 0 Å². The Labute approximate surface area is 124 Å². The predicted molar refractivity (Wildman–Crippen MR) is 81.8 cm³/mol. The molecule has 1 unspecified atom stereocenters. The molecule has 0 spiro atoms. The van der Waals surface area contributed by atoms with Gasteiger partial charge in [0.15, 0.2) is 0 Å². The zero-order chi connectivity index (χ0) is 12.4. The third-order valence-corrected chi connectivity index (χ3v) is 4.52. The lowest BCUT2D eigenvalue weighted by molar-refractivity contribution is 0.0276. The first kappa shape index (κ1) is 12.5. The SMILES string of the molecule is Ic1ccc(-c2csc(C3CNCCO3)n2)cc1. The summed E-state index contributed by atoms with van der Waals surface area (Å²) >= 11 is 3.99. The molecule has 0 amide bonds. The predicted octanol–water partition coefficient (Wildman–Crippen LogP) is 3.08. The monoisotopic (exact) mass is 372 g/mol. The zero-order valence-corrected chi connectivity index (χ0v) is 12.7. The Bertz CT molecular complexity index is 520. The van der Waals surface area contributed by atoms with Crippen LogP contribution in [0, 0.1) is 3.57 Å². The third-order valence-electron chi connectivity index (χ3n) is 2.86. The Hall–Kier alpha value is -0.500. The Morgan fingerprint density at radius 2 is 2.17 bits per heavy atom. The molecule has 2 heterocycles. The topological polar surface area (TPSA) is 34.1 Å². The minimum Gasteiger partial charge on any atom is -0.368 e. The summed E-state index contributed by atoms with van der Waals surface area (Å²) in [5.74, 6) is 0. The molecule has 1 aliphatic rings. The van der Waals surface area contributed by atoms with Crippen molar-refractivity contribution < 1.29 is 4.74 Å². The number of ether oxygens (including phenoxy) is 1. The Balaban J connectivity index is 1.82. The molecule has 5 heteroatoms. The fraction of sp³-hybridized carbons (Fsp3) is 0.308. The molecule has 0 saturated carbocycles. The van der Waals surface area contributed by atoms with E-state index >= 15 is 0 Å².